The molecule has 3 aliphatic rings. The van der Waals surface area contributed by atoms with Gasteiger partial charge < -0.3 is 19.7 Å². The van der Waals surface area contributed by atoms with Crippen LogP contribution in [0.5, 0.6) is 0 Å². The minimum atomic E-state index is -1.37. The third-order valence-corrected chi connectivity index (χ3v) is 15.3. The van der Waals surface area contributed by atoms with E-state index in [9.17, 15) is 24.0 Å². The average Bonchev–Trinajstić information content (AvgIpc) is 4.08. The Balaban J connectivity index is 0.833. The summed E-state index contributed by atoms with van der Waals surface area (Å²) in [4.78, 5) is 76.5. The van der Waals surface area contributed by atoms with Crippen LogP contribution in [0, 0.1) is 24.6 Å². The van der Waals surface area contributed by atoms with Gasteiger partial charge in [0.1, 0.15) is 30.0 Å². The zero-order chi connectivity index (χ0) is 50.8. The van der Waals surface area contributed by atoms with Crippen LogP contribution in [0.3, 0.4) is 0 Å². The fourth-order valence-corrected chi connectivity index (χ4v) is 10.5. The highest BCUT2D eigenvalue weighted by Crippen LogP contribution is 2.36. The Kier molecular flexibility index (Phi) is 15.3. The van der Waals surface area contributed by atoms with E-state index >= 15 is 4.39 Å². The van der Waals surface area contributed by atoms with Crippen LogP contribution in [-0.4, -0.2) is 110 Å². The highest BCUT2D eigenvalue weighted by atomic mass is 28.3. The zero-order valence-corrected chi connectivity index (χ0v) is 43.5. The van der Waals surface area contributed by atoms with Crippen molar-refractivity contribution in [2.24, 2.45) is 0 Å². The van der Waals surface area contributed by atoms with Gasteiger partial charge in [-0.05, 0) is 110 Å². The molecule has 17 heteroatoms. The van der Waals surface area contributed by atoms with Gasteiger partial charge in [-0.3, -0.25) is 33.7 Å². The standard InChI is InChI=1S/C54H67FN8O7Si/c1-35-39-21-19-37(50(65)57-47-31-44-38(32-56-47)30-46(42-18-16-25-59(42)5)63(44)53(68)70-54(2,3)4)29-45(39)62(58-35)26-15-13-11-9-10-12-14-17-36-20-22-41(55)49-40(36)33-60(52(49)67)43-23-24-48(64)61(51(43)66)34-69-27-28-71(6,7)8/h19-22,29-32,42-43H,9-13,15-16,18,23-28,33-34H2,1-8H3,(H,56,57,65)/t42-,43?/m1/s1. The molecule has 5 aromatic rings. The van der Waals surface area contributed by atoms with Gasteiger partial charge in [-0.2, -0.15) is 5.10 Å². The monoisotopic (exact) mass is 986 g/mol. The minimum Gasteiger partial charge on any atom is -0.443 e. The molecule has 4 amide bonds. The van der Waals surface area contributed by atoms with E-state index in [1.807, 2.05) is 50.6 Å². The number of ether oxygens (including phenoxy) is 2. The van der Waals surface area contributed by atoms with Gasteiger partial charge in [-0.15, -0.1) is 0 Å². The van der Waals surface area contributed by atoms with Crippen LogP contribution >= 0.6 is 0 Å². The van der Waals surface area contributed by atoms with Crippen molar-refractivity contribution in [2.75, 3.05) is 32.2 Å². The molecule has 2 fully saturated rings. The molecule has 0 radical (unpaired) electrons. The summed E-state index contributed by atoms with van der Waals surface area (Å²) in [6.45, 7) is 16.1. The highest BCUT2D eigenvalue weighted by Gasteiger charge is 2.44. The lowest BCUT2D eigenvalue weighted by Crippen LogP contribution is -2.55. The van der Waals surface area contributed by atoms with Crippen LogP contribution in [0.2, 0.25) is 25.7 Å². The lowest BCUT2D eigenvalue weighted by Gasteiger charge is -2.35. The van der Waals surface area contributed by atoms with Gasteiger partial charge in [0.05, 0.1) is 28.3 Å². The molecular formula is C54H67FN8O7Si. The molecule has 71 heavy (non-hydrogen) atoms. The van der Waals surface area contributed by atoms with Crippen LogP contribution in [0.4, 0.5) is 15.0 Å². The second-order valence-corrected chi connectivity index (χ2v) is 27.0. The number of imide groups is 1. The molecule has 6 heterocycles. The van der Waals surface area contributed by atoms with E-state index in [1.165, 1.54) is 11.0 Å². The predicted octanol–water partition coefficient (Wildman–Crippen LogP) is 9.81. The van der Waals surface area contributed by atoms with E-state index in [4.69, 9.17) is 14.6 Å². The summed E-state index contributed by atoms with van der Waals surface area (Å²) in [5.74, 6) is 4.35. The second kappa shape index (κ2) is 21.2. The van der Waals surface area contributed by atoms with Crippen LogP contribution < -0.4 is 5.32 Å². The predicted molar refractivity (Wildman–Crippen MR) is 273 cm³/mol. The van der Waals surface area contributed by atoms with Gasteiger partial charge in [0, 0.05) is 86.0 Å². The second-order valence-electron chi connectivity index (χ2n) is 21.4. The number of carbonyl (C=O) groups excluding carboxylic acids is 5. The van der Waals surface area contributed by atoms with Crippen molar-refractivity contribution >= 4 is 65.4 Å². The molecule has 1 unspecified atom stereocenters. The van der Waals surface area contributed by atoms with Gasteiger partial charge in [-0.1, -0.05) is 56.8 Å². The van der Waals surface area contributed by atoms with E-state index < -0.39 is 43.4 Å². The largest absolute Gasteiger partial charge is 0.443 e. The number of aryl methyl sites for hydroxylation is 2. The molecule has 0 saturated carbocycles. The summed E-state index contributed by atoms with van der Waals surface area (Å²) in [5, 5.41) is 9.52. The number of hydrogen-bond donors (Lipinski definition) is 1. The fourth-order valence-electron chi connectivity index (χ4n) is 9.78. The number of pyridine rings is 1. The molecule has 2 atom stereocenters. The normalized spacial score (nSPS) is 17.6. The first kappa shape index (κ1) is 51.1. The topological polar surface area (TPSA) is 161 Å². The number of piperidine rings is 1. The van der Waals surface area contributed by atoms with Gasteiger partial charge >= 0.3 is 6.09 Å². The van der Waals surface area contributed by atoms with Crippen molar-refractivity contribution in [3.8, 4) is 11.8 Å². The third-order valence-electron chi connectivity index (χ3n) is 13.6. The number of hydrogen-bond acceptors (Lipinski definition) is 10. The molecule has 1 N–H and O–H groups in total. The smallest absolute Gasteiger partial charge is 0.419 e. The number of unbranched alkanes of at least 4 members (excludes halogenated alkanes) is 5. The molecule has 2 saturated heterocycles. The van der Waals surface area contributed by atoms with Crippen molar-refractivity contribution in [3.63, 3.8) is 0 Å². The van der Waals surface area contributed by atoms with Crippen LogP contribution in [0.15, 0.2) is 48.7 Å². The number of nitrogens with one attached hydrogen (secondary N) is 1. The van der Waals surface area contributed by atoms with Crippen molar-refractivity contribution in [1.82, 2.24) is 34.0 Å². The van der Waals surface area contributed by atoms with Crippen LogP contribution in [-0.2, 0) is 32.2 Å². The Labute approximate surface area is 416 Å². The Morgan fingerprint density at radius 1 is 0.958 bits per heavy atom. The van der Waals surface area contributed by atoms with Gasteiger partial charge in [0.15, 0.2) is 0 Å². The maximum atomic E-state index is 15.1. The number of halogens is 1. The van der Waals surface area contributed by atoms with Crippen molar-refractivity contribution < 1.29 is 37.8 Å². The SMILES string of the molecule is Cc1nn(CCCCCCCC#Cc2ccc(F)c3c2CN(C2CCC(=O)N(COCC[Si](C)(C)C)C2=O)C3=O)c2cc(C(=O)Nc3cc4c(cn3)cc([C@H]3CCCN3C)n4C(=O)OC(C)(C)C)ccc12. The first-order chi connectivity index (χ1) is 33.8. The summed E-state index contributed by atoms with van der Waals surface area (Å²) in [7, 11) is 0.694. The van der Waals surface area contributed by atoms with Crippen molar-refractivity contribution in [1.29, 1.82) is 0 Å². The third kappa shape index (κ3) is 11.6. The summed E-state index contributed by atoms with van der Waals surface area (Å²) in [6, 6.07) is 12.2. The molecular weight excluding hydrogens is 920 g/mol. The molecule has 2 aromatic carbocycles. The Morgan fingerprint density at radius 2 is 1.73 bits per heavy atom. The van der Waals surface area contributed by atoms with Crippen molar-refractivity contribution in [2.45, 2.75) is 148 Å². The average molecular weight is 987 g/mol. The number of fused-ring (bicyclic) bond motifs is 3. The molecule has 0 spiro atoms. The van der Waals surface area contributed by atoms with E-state index in [0.29, 0.717) is 47.6 Å². The van der Waals surface area contributed by atoms with Crippen molar-refractivity contribution in [3.05, 3.63) is 88.1 Å². The summed E-state index contributed by atoms with van der Waals surface area (Å²) in [5.41, 5.74) is 3.97. The molecule has 0 aliphatic carbocycles. The van der Waals surface area contributed by atoms with E-state index in [1.54, 1.807) is 29.0 Å². The van der Waals surface area contributed by atoms with E-state index in [2.05, 4.69) is 53.7 Å². The maximum Gasteiger partial charge on any atom is 0.419 e. The quantitative estimate of drug-likeness (QED) is 0.0436. The number of rotatable bonds is 16. The van der Waals surface area contributed by atoms with Gasteiger partial charge in [0.25, 0.3) is 17.7 Å². The number of likely N-dealkylation sites (tertiary alicyclic amines) is 2. The molecule has 8 rings (SSSR count). The first-order valence-electron chi connectivity index (χ1n) is 25.0. The minimum absolute atomic E-state index is 0.0478. The van der Waals surface area contributed by atoms with E-state index in [0.717, 1.165) is 90.1 Å². The number of anilines is 1. The van der Waals surface area contributed by atoms with Crippen LogP contribution in [0.1, 0.15) is 134 Å². The molecule has 3 aliphatic heterocycles. The molecule has 3 aromatic heterocycles. The first-order valence-corrected chi connectivity index (χ1v) is 28.8. The zero-order valence-electron chi connectivity index (χ0n) is 42.5. The number of benzene rings is 2. The Morgan fingerprint density at radius 3 is 2.48 bits per heavy atom. The number of aromatic nitrogens is 4. The lowest BCUT2D eigenvalue weighted by atomic mass is 10.0. The molecule has 15 nitrogen and oxygen atoms in total. The Hall–Kier alpha value is -6.22. The summed E-state index contributed by atoms with van der Waals surface area (Å²) >= 11 is 0. The van der Waals surface area contributed by atoms with E-state index in [-0.39, 0.29) is 49.5 Å². The Bertz CT molecular complexity index is 2940. The van der Waals surface area contributed by atoms with Crippen LogP contribution in [0.25, 0.3) is 21.8 Å². The summed E-state index contributed by atoms with van der Waals surface area (Å²) < 4.78 is 30.3. The highest BCUT2D eigenvalue weighted by molar-refractivity contribution is 6.76. The lowest BCUT2D eigenvalue weighted by molar-refractivity contribution is -0.158. The maximum absolute atomic E-state index is 15.1. The van der Waals surface area contributed by atoms with Gasteiger partial charge in [-0.25, -0.2) is 18.7 Å². The molecule has 0 bridgehead atoms. The fraction of sp³-hybridized carbons (Fsp3) is 0.500. The summed E-state index contributed by atoms with van der Waals surface area (Å²) in [6.07, 6.45) is 8.78. The molecule has 376 valence electrons. The number of nitrogens with zero attached hydrogens (tertiary/aromatic N) is 7. The number of carbonyl (C=O) groups is 5. The number of amides is 4. The van der Waals surface area contributed by atoms with Gasteiger partial charge in [0.2, 0.25) is 5.91 Å².